The Morgan fingerprint density at radius 1 is 0.298 bits per heavy atom. The highest BCUT2D eigenvalue weighted by atomic mass is 16.4. The van der Waals surface area contributed by atoms with Gasteiger partial charge in [-0.1, -0.05) is 265 Å². The molecule has 0 aromatic carbocycles. The zero-order chi connectivity index (χ0) is 34.7. The van der Waals surface area contributed by atoms with Crippen molar-refractivity contribution in [2.24, 2.45) is 5.92 Å². The van der Waals surface area contributed by atoms with Gasteiger partial charge < -0.3 is 5.11 Å². The van der Waals surface area contributed by atoms with Crippen molar-refractivity contribution in [1.82, 2.24) is 0 Å². The van der Waals surface area contributed by atoms with Gasteiger partial charge in [0.1, 0.15) is 0 Å². The number of unbranched alkanes of at least 4 members (excludes halogenated alkanes) is 34. The third-order valence-corrected chi connectivity index (χ3v) is 10.4. The van der Waals surface area contributed by atoms with Gasteiger partial charge in [0.05, 0.1) is 5.92 Å². The van der Waals surface area contributed by atoms with E-state index in [9.17, 15) is 9.90 Å². The van der Waals surface area contributed by atoms with Crippen molar-refractivity contribution in [1.29, 1.82) is 0 Å². The van der Waals surface area contributed by atoms with E-state index in [0.717, 1.165) is 25.7 Å². The summed E-state index contributed by atoms with van der Waals surface area (Å²) in [5.41, 5.74) is 0. The van der Waals surface area contributed by atoms with E-state index < -0.39 is 5.97 Å². The summed E-state index contributed by atoms with van der Waals surface area (Å²) in [4.78, 5) is 11.3. The predicted molar refractivity (Wildman–Crippen MR) is 214 cm³/mol. The first-order valence-electron chi connectivity index (χ1n) is 22.4. The third kappa shape index (κ3) is 45.5. The van der Waals surface area contributed by atoms with Crippen LogP contribution in [0.3, 0.4) is 0 Å². The fourth-order valence-electron chi connectivity index (χ4n) is 6.95. The first kappa shape index (κ1) is 48.6. The Hall–Kier alpha value is -0.530. The second-order valence-corrected chi connectivity index (χ2v) is 15.3. The fourth-order valence-corrected chi connectivity index (χ4v) is 6.95. The number of aliphatic carboxylic acids is 1. The normalized spacial score (nSPS) is 11.8. The number of hydrogen-bond donors (Lipinski definition) is 1. The lowest BCUT2D eigenvalue weighted by Crippen LogP contribution is -2.13. The molecule has 0 aliphatic heterocycles. The lowest BCUT2D eigenvalue weighted by Gasteiger charge is -2.11. The summed E-state index contributed by atoms with van der Waals surface area (Å²) in [5, 5.41) is 9.28. The first-order valence-corrected chi connectivity index (χ1v) is 22.4. The highest BCUT2D eigenvalue weighted by molar-refractivity contribution is 5.69. The minimum absolute atomic E-state index is 0.0936. The molecule has 47 heavy (non-hydrogen) atoms. The zero-order valence-electron chi connectivity index (χ0n) is 33.5. The molecule has 0 aliphatic carbocycles. The van der Waals surface area contributed by atoms with Gasteiger partial charge in [-0.3, -0.25) is 4.79 Å². The summed E-state index contributed by atoms with van der Waals surface area (Å²) in [6, 6.07) is 0. The Balaban J connectivity index is 0. The Labute approximate surface area is 299 Å². The van der Waals surface area contributed by atoms with E-state index in [1.165, 1.54) is 225 Å². The lowest BCUT2D eigenvalue weighted by atomic mass is 9.94. The average Bonchev–Trinajstić information content (AvgIpc) is 3.07. The standard InChI is InChI=1S/C23H46O2.C22H46/c1-3-5-7-8-9-10-11-12-13-14-15-16-17-19-21-22(23(24)25)20-18-6-4-2;1-3-5-7-9-11-13-15-17-19-21-22-20-18-16-14-12-10-8-6-4-2/h22H,3-21H2,1-2H3,(H,24,25);3-22H2,1-2H3. The monoisotopic (exact) mass is 665 g/mol. The highest BCUT2D eigenvalue weighted by Gasteiger charge is 2.15. The molecule has 1 unspecified atom stereocenters. The summed E-state index contributed by atoms with van der Waals surface area (Å²) < 4.78 is 0. The smallest absolute Gasteiger partial charge is 0.306 e. The number of rotatable bonds is 39. The van der Waals surface area contributed by atoms with Gasteiger partial charge in [-0.25, -0.2) is 0 Å². The molecule has 1 N–H and O–H groups in total. The molecule has 0 rings (SSSR count). The van der Waals surface area contributed by atoms with Crippen molar-refractivity contribution in [2.75, 3.05) is 0 Å². The molecule has 284 valence electrons. The van der Waals surface area contributed by atoms with Crippen molar-refractivity contribution >= 4 is 5.97 Å². The van der Waals surface area contributed by atoms with E-state index in [-0.39, 0.29) is 5.92 Å². The number of carboxylic acids is 1. The van der Waals surface area contributed by atoms with Gasteiger partial charge in [-0.05, 0) is 12.8 Å². The van der Waals surface area contributed by atoms with Crippen LogP contribution in [0.2, 0.25) is 0 Å². The van der Waals surface area contributed by atoms with E-state index in [1.807, 2.05) is 0 Å². The molecule has 0 bridgehead atoms. The van der Waals surface area contributed by atoms with E-state index in [1.54, 1.807) is 0 Å². The molecular weight excluding hydrogens is 572 g/mol. The fraction of sp³-hybridized carbons (Fsp3) is 0.978. The molecule has 0 heterocycles. The highest BCUT2D eigenvalue weighted by Crippen LogP contribution is 2.20. The molecule has 0 aliphatic rings. The largest absolute Gasteiger partial charge is 0.481 e. The minimum Gasteiger partial charge on any atom is -0.481 e. The number of carbonyl (C=O) groups is 1. The van der Waals surface area contributed by atoms with Crippen LogP contribution in [0, 0.1) is 5.92 Å². The Morgan fingerprint density at radius 2 is 0.447 bits per heavy atom. The zero-order valence-corrected chi connectivity index (χ0v) is 33.5. The minimum atomic E-state index is -0.578. The topological polar surface area (TPSA) is 37.3 Å². The van der Waals surface area contributed by atoms with Gasteiger partial charge in [0.15, 0.2) is 0 Å². The van der Waals surface area contributed by atoms with Crippen LogP contribution >= 0.6 is 0 Å². The van der Waals surface area contributed by atoms with Crippen LogP contribution in [0.4, 0.5) is 0 Å². The van der Waals surface area contributed by atoms with Gasteiger partial charge in [-0.15, -0.1) is 0 Å². The SMILES string of the molecule is CCCCCCCCCCCCCCCCC(CCCCC)C(=O)O.CCCCCCCCCCCCCCCCCCCCCC. The van der Waals surface area contributed by atoms with Crippen LogP contribution in [0.5, 0.6) is 0 Å². The summed E-state index contributed by atoms with van der Waals surface area (Å²) in [6.45, 7) is 9.04. The van der Waals surface area contributed by atoms with E-state index in [4.69, 9.17) is 0 Å². The van der Waals surface area contributed by atoms with Gasteiger partial charge in [0.25, 0.3) is 0 Å². The number of hydrogen-bond acceptors (Lipinski definition) is 1. The molecule has 0 fully saturated rings. The van der Waals surface area contributed by atoms with E-state index in [0.29, 0.717) is 0 Å². The van der Waals surface area contributed by atoms with Crippen molar-refractivity contribution in [3.63, 3.8) is 0 Å². The second-order valence-electron chi connectivity index (χ2n) is 15.3. The molecule has 0 aromatic rings. The summed E-state index contributed by atoms with van der Waals surface area (Å²) in [7, 11) is 0. The molecule has 2 nitrogen and oxygen atoms in total. The van der Waals surface area contributed by atoms with Crippen LogP contribution < -0.4 is 0 Å². The third-order valence-electron chi connectivity index (χ3n) is 10.4. The van der Waals surface area contributed by atoms with Crippen molar-refractivity contribution in [3.8, 4) is 0 Å². The Morgan fingerprint density at radius 3 is 0.638 bits per heavy atom. The molecule has 1 atom stereocenters. The molecule has 0 aromatic heterocycles. The maximum atomic E-state index is 11.3. The summed E-state index contributed by atoms with van der Waals surface area (Å²) in [6.07, 6.45) is 53.6. The van der Waals surface area contributed by atoms with Gasteiger partial charge in [0.2, 0.25) is 0 Å². The summed E-state index contributed by atoms with van der Waals surface area (Å²) >= 11 is 0. The van der Waals surface area contributed by atoms with E-state index in [2.05, 4.69) is 27.7 Å². The maximum Gasteiger partial charge on any atom is 0.306 e. The molecule has 0 saturated heterocycles. The van der Waals surface area contributed by atoms with Crippen molar-refractivity contribution in [2.45, 2.75) is 278 Å². The predicted octanol–water partition coefficient (Wildman–Crippen LogP) is 17.0. The van der Waals surface area contributed by atoms with Gasteiger partial charge >= 0.3 is 5.97 Å². The molecular formula is C45H92O2. The van der Waals surface area contributed by atoms with Gasteiger partial charge in [-0.2, -0.15) is 0 Å². The van der Waals surface area contributed by atoms with Crippen molar-refractivity contribution < 1.29 is 9.90 Å². The van der Waals surface area contributed by atoms with Crippen molar-refractivity contribution in [3.05, 3.63) is 0 Å². The summed E-state index contributed by atoms with van der Waals surface area (Å²) in [5.74, 6) is -0.672. The van der Waals surface area contributed by atoms with Crippen LogP contribution in [-0.2, 0) is 4.79 Å². The van der Waals surface area contributed by atoms with Crippen LogP contribution in [0.15, 0.2) is 0 Å². The quantitative estimate of drug-likeness (QED) is 0.0664. The van der Waals surface area contributed by atoms with Crippen LogP contribution in [0.25, 0.3) is 0 Å². The maximum absolute atomic E-state index is 11.3. The van der Waals surface area contributed by atoms with Crippen LogP contribution in [0.1, 0.15) is 278 Å². The molecule has 0 amide bonds. The average molecular weight is 665 g/mol. The Bertz CT molecular complexity index is 524. The first-order chi connectivity index (χ1) is 23.1. The molecule has 0 spiro atoms. The van der Waals surface area contributed by atoms with Crippen LogP contribution in [-0.4, -0.2) is 11.1 Å². The molecule has 0 radical (unpaired) electrons. The molecule has 0 saturated carbocycles. The number of carboxylic acid groups (broad SMARTS) is 1. The van der Waals surface area contributed by atoms with Gasteiger partial charge in [0, 0.05) is 0 Å². The molecule has 2 heteroatoms. The Kier molecular flexibility index (Phi) is 47.0. The second kappa shape index (κ2) is 45.5. The lowest BCUT2D eigenvalue weighted by molar-refractivity contribution is -0.142. The van der Waals surface area contributed by atoms with E-state index >= 15 is 0 Å².